The monoisotopic (exact) mass is 186 g/mol. The molecule has 14 heavy (non-hydrogen) atoms. The Labute approximate surface area is 87.0 Å². The molecule has 0 heterocycles. The minimum absolute atomic E-state index is 1.02. The fourth-order valence-corrected chi connectivity index (χ4v) is 1.31. The van der Waals surface area contributed by atoms with Crippen molar-refractivity contribution in [3.8, 4) is 0 Å². The van der Waals surface area contributed by atoms with Crippen molar-refractivity contribution in [2.24, 2.45) is 0 Å². The lowest BCUT2D eigenvalue weighted by Crippen LogP contribution is -1.83. The third kappa shape index (κ3) is 4.08. The number of hydrogen-bond donors (Lipinski definition) is 0. The molecule has 1 aliphatic rings. The summed E-state index contributed by atoms with van der Waals surface area (Å²) >= 11 is 0. The molecule has 0 aliphatic heterocycles. The summed E-state index contributed by atoms with van der Waals surface area (Å²) in [5, 5.41) is 0. The van der Waals surface area contributed by atoms with Crippen LogP contribution < -0.4 is 0 Å². The normalized spacial score (nSPS) is 26.0. The molecule has 0 N–H and O–H groups in total. The van der Waals surface area contributed by atoms with Gasteiger partial charge < -0.3 is 0 Å². The highest BCUT2D eigenvalue weighted by molar-refractivity contribution is 5.36. The van der Waals surface area contributed by atoms with Crippen LogP contribution in [0.5, 0.6) is 0 Å². The second-order valence-corrected chi connectivity index (χ2v) is 3.50. The van der Waals surface area contributed by atoms with E-state index in [1.807, 2.05) is 12.2 Å². The molecule has 0 nitrogen and oxygen atoms in total. The first kappa shape index (κ1) is 10.8. The Morgan fingerprint density at radius 1 is 0.857 bits per heavy atom. The zero-order valence-electron chi connectivity index (χ0n) is 8.71. The van der Waals surface area contributed by atoms with Gasteiger partial charge in [0, 0.05) is 0 Å². The molecule has 0 radical (unpaired) electrons. The molecule has 0 fully saturated rings. The summed E-state index contributed by atoms with van der Waals surface area (Å²) in [6.07, 6.45) is 17.2. The van der Waals surface area contributed by atoms with Gasteiger partial charge in [0.05, 0.1) is 0 Å². The summed E-state index contributed by atoms with van der Waals surface area (Å²) in [6, 6.07) is 0. The van der Waals surface area contributed by atoms with Crippen LogP contribution in [0.25, 0.3) is 0 Å². The Bertz CT molecular complexity index is 287. The molecule has 0 spiro atoms. The summed E-state index contributed by atoms with van der Waals surface area (Å²) in [7, 11) is 0. The summed E-state index contributed by atoms with van der Waals surface area (Å²) in [4.78, 5) is 0. The molecule has 74 valence electrons. The van der Waals surface area contributed by atoms with Gasteiger partial charge >= 0.3 is 0 Å². The van der Waals surface area contributed by atoms with E-state index in [9.17, 15) is 0 Å². The van der Waals surface area contributed by atoms with E-state index in [0.717, 1.165) is 36.8 Å². The van der Waals surface area contributed by atoms with Crippen LogP contribution >= 0.6 is 0 Å². The van der Waals surface area contributed by atoms with Gasteiger partial charge in [-0.25, -0.2) is 0 Å². The van der Waals surface area contributed by atoms with Gasteiger partial charge in [0.2, 0.25) is 0 Å². The highest BCUT2D eigenvalue weighted by Gasteiger charge is 1.94. The van der Waals surface area contributed by atoms with E-state index >= 15 is 0 Å². The van der Waals surface area contributed by atoms with Crippen molar-refractivity contribution >= 4 is 0 Å². The molecule has 0 aromatic rings. The number of allylic oxidation sites excluding steroid dienone is 8. The zero-order chi connectivity index (χ0) is 10.2. The van der Waals surface area contributed by atoms with Gasteiger partial charge in [-0.15, -0.1) is 0 Å². The van der Waals surface area contributed by atoms with E-state index in [4.69, 9.17) is 0 Å². The van der Waals surface area contributed by atoms with Crippen LogP contribution in [0.1, 0.15) is 25.7 Å². The van der Waals surface area contributed by atoms with Crippen molar-refractivity contribution in [2.45, 2.75) is 25.7 Å². The molecule has 0 saturated heterocycles. The van der Waals surface area contributed by atoms with E-state index in [1.165, 1.54) is 0 Å². The predicted molar refractivity (Wildman–Crippen MR) is 64.2 cm³/mol. The molecule has 0 bridgehead atoms. The van der Waals surface area contributed by atoms with E-state index in [0.29, 0.717) is 0 Å². The summed E-state index contributed by atoms with van der Waals surface area (Å²) in [6.45, 7) is 7.99. The van der Waals surface area contributed by atoms with Gasteiger partial charge in [-0.2, -0.15) is 0 Å². The van der Waals surface area contributed by atoms with Crippen LogP contribution in [0, 0.1) is 0 Å². The number of rotatable bonds is 0. The first-order valence-corrected chi connectivity index (χ1v) is 5.16. The van der Waals surface area contributed by atoms with Crippen LogP contribution in [0.4, 0.5) is 0 Å². The van der Waals surface area contributed by atoms with Crippen molar-refractivity contribution in [1.29, 1.82) is 0 Å². The van der Waals surface area contributed by atoms with E-state index in [-0.39, 0.29) is 0 Å². The summed E-state index contributed by atoms with van der Waals surface area (Å²) in [5.41, 5.74) is 2.18. The average molecular weight is 186 g/mol. The maximum Gasteiger partial charge on any atom is -0.0244 e. The van der Waals surface area contributed by atoms with E-state index in [2.05, 4.69) is 37.5 Å². The molecule has 0 saturated carbocycles. The van der Waals surface area contributed by atoms with Crippen LogP contribution in [0.2, 0.25) is 0 Å². The van der Waals surface area contributed by atoms with Crippen molar-refractivity contribution in [3.63, 3.8) is 0 Å². The average Bonchev–Trinajstić information content (AvgIpc) is 2.18. The van der Waals surface area contributed by atoms with Gasteiger partial charge in [0.25, 0.3) is 0 Å². The first-order chi connectivity index (χ1) is 6.80. The van der Waals surface area contributed by atoms with Gasteiger partial charge in [-0.1, -0.05) is 49.6 Å². The molecule has 1 aliphatic carbocycles. The lowest BCUT2D eigenvalue weighted by atomic mass is 10.0. The Kier molecular flexibility index (Phi) is 4.77. The van der Waals surface area contributed by atoms with Crippen LogP contribution in [-0.4, -0.2) is 0 Å². The summed E-state index contributed by atoms with van der Waals surface area (Å²) in [5.74, 6) is 0. The van der Waals surface area contributed by atoms with Crippen molar-refractivity contribution in [2.75, 3.05) is 0 Å². The van der Waals surface area contributed by atoms with Crippen LogP contribution in [-0.2, 0) is 0 Å². The molecule has 0 amide bonds. The molecular weight excluding hydrogens is 168 g/mol. The Balaban J connectivity index is 2.63. The topological polar surface area (TPSA) is 0 Å². The molecule has 0 atom stereocenters. The van der Waals surface area contributed by atoms with Crippen molar-refractivity contribution in [3.05, 3.63) is 60.8 Å². The van der Waals surface area contributed by atoms with Crippen LogP contribution in [0.15, 0.2) is 60.8 Å². The molecule has 0 aromatic carbocycles. The highest BCUT2D eigenvalue weighted by Crippen LogP contribution is 2.14. The fourth-order valence-electron chi connectivity index (χ4n) is 1.31. The predicted octanol–water partition coefficient (Wildman–Crippen LogP) is 4.34. The van der Waals surface area contributed by atoms with Crippen molar-refractivity contribution < 1.29 is 0 Å². The van der Waals surface area contributed by atoms with Crippen LogP contribution in [0.3, 0.4) is 0 Å². The van der Waals surface area contributed by atoms with Crippen molar-refractivity contribution in [1.82, 2.24) is 0 Å². The Morgan fingerprint density at radius 2 is 1.57 bits per heavy atom. The quantitative estimate of drug-likeness (QED) is 0.494. The van der Waals surface area contributed by atoms with Gasteiger partial charge in [-0.3, -0.25) is 0 Å². The zero-order valence-corrected chi connectivity index (χ0v) is 8.71. The Hall–Kier alpha value is -1.30. The molecular formula is C14H18. The third-order valence-electron chi connectivity index (χ3n) is 2.28. The highest BCUT2D eigenvalue weighted by atomic mass is 14.0. The SMILES string of the molecule is C=C1/C=C\C=C/CC/C=C\CCC1=C. The minimum atomic E-state index is 1.02. The molecule has 0 heteroatoms. The van der Waals surface area contributed by atoms with Gasteiger partial charge in [0.1, 0.15) is 0 Å². The standard InChI is InChI=1S/C14H18/c1-13-11-9-7-5-3-4-6-8-10-12-14(13)2/h5-9,11H,1-4,10,12H2/b7-5-,8-6-,11-9-. The van der Waals surface area contributed by atoms with Gasteiger partial charge in [-0.05, 0) is 36.8 Å². The lowest BCUT2D eigenvalue weighted by Gasteiger charge is -2.03. The first-order valence-electron chi connectivity index (χ1n) is 5.16. The number of hydrogen-bond acceptors (Lipinski definition) is 0. The summed E-state index contributed by atoms with van der Waals surface area (Å²) < 4.78 is 0. The second-order valence-electron chi connectivity index (χ2n) is 3.50. The smallest absolute Gasteiger partial charge is 0.0244 e. The van der Waals surface area contributed by atoms with Gasteiger partial charge in [0.15, 0.2) is 0 Å². The van der Waals surface area contributed by atoms with E-state index < -0.39 is 0 Å². The second kappa shape index (κ2) is 6.20. The maximum absolute atomic E-state index is 4.01. The largest absolute Gasteiger partial charge is 0.0952 e. The maximum atomic E-state index is 4.01. The molecule has 0 unspecified atom stereocenters. The molecule has 1 rings (SSSR count). The Morgan fingerprint density at radius 3 is 2.43 bits per heavy atom. The molecule has 0 aromatic heterocycles. The fraction of sp³-hybridized carbons (Fsp3) is 0.286. The third-order valence-corrected chi connectivity index (χ3v) is 2.28. The lowest BCUT2D eigenvalue weighted by molar-refractivity contribution is 0.975. The van der Waals surface area contributed by atoms with E-state index in [1.54, 1.807) is 0 Å². The minimum Gasteiger partial charge on any atom is -0.0952 e.